The molecule has 0 unspecified atom stereocenters. The lowest BCUT2D eigenvalue weighted by Crippen LogP contribution is -2.27. The highest BCUT2D eigenvalue weighted by Crippen LogP contribution is 2.16. The molecule has 0 aliphatic carbocycles. The lowest BCUT2D eigenvalue weighted by Gasteiger charge is -2.20. The summed E-state index contributed by atoms with van der Waals surface area (Å²) in [6, 6.07) is 12.6. The standard InChI is InChI=1S/C21H29N3O3S/c1-5-24(6-2)15-18-10-8-7-9-17(18)14-23-21(25)20-13-19(12-11-16(20)3)28(26,27)22-4/h7-13,22H,5-6,14-15H2,1-4H3,(H,23,25). The maximum Gasteiger partial charge on any atom is 0.251 e. The molecule has 0 radical (unpaired) electrons. The number of carbonyl (C=O) groups is 1. The molecule has 0 heterocycles. The Morgan fingerprint density at radius 2 is 1.68 bits per heavy atom. The Balaban J connectivity index is 2.18. The van der Waals surface area contributed by atoms with E-state index in [1.807, 2.05) is 18.2 Å². The lowest BCUT2D eigenvalue weighted by molar-refractivity contribution is 0.0950. The summed E-state index contributed by atoms with van der Waals surface area (Å²) in [4.78, 5) is 15.1. The maximum absolute atomic E-state index is 12.7. The van der Waals surface area contributed by atoms with Crippen LogP contribution in [-0.4, -0.2) is 39.4 Å². The van der Waals surface area contributed by atoms with Crippen molar-refractivity contribution >= 4 is 15.9 Å². The average Bonchev–Trinajstić information content (AvgIpc) is 2.71. The van der Waals surface area contributed by atoms with Gasteiger partial charge in [0.05, 0.1) is 4.90 Å². The van der Waals surface area contributed by atoms with E-state index in [0.717, 1.165) is 30.8 Å². The van der Waals surface area contributed by atoms with Crippen LogP contribution in [0.4, 0.5) is 0 Å². The Kier molecular flexibility index (Phi) is 7.74. The van der Waals surface area contributed by atoms with Crippen molar-refractivity contribution in [2.24, 2.45) is 0 Å². The van der Waals surface area contributed by atoms with Crippen LogP contribution in [0.25, 0.3) is 0 Å². The van der Waals surface area contributed by atoms with Gasteiger partial charge in [0, 0.05) is 18.7 Å². The molecule has 0 aliphatic heterocycles. The quantitative estimate of drug-likeness (QED) is 0.675. The number of benzene rings is 2. The molecule has 152 valence electrons. The summed E-state index contributed by atoms with van der Waals surface area (Å²) in [6.07, 6.45) is 0. The van der Waals surface area contributed by atoms with Gasteiger partial charge < -0.3 is 5.32 Å². The summed E-state index contributed by atoms with van der Waals surface area (Å²) in [7, 11) is -2.25. The highest BCUT2D eigenvalue weighted by Gasteiger charge is 2.17. The van der Waals surface area contributed by atoms with Gasteiger partial charge in [-0.15, -0.1) is 0 Å². The number of aryl methyl sites for hydroxylation is 1. The van der Waals surface area contributed by atoms with Gasteiger partial charge in [-0.2, -0.15) is 0 Å². The first-order valence-corrected chi connectivity index (χ1v) is 10.9. The van der Waals surface area contributed by atoms with Crippen LogP contribution < -0.4 is 10.0 Å². The summed E-state index contributed by atoms with van der Waals surface area (Å²) in [5, 5.41) is 2.93. The molecule has 28 heavy (non-hydrogen) atoms. The van der Waals surface area contributed by atoms with E-state index in [1.165, 1.54) is 24.7 Å². The van der Waals surface area contributed by atoms with Crippen LogP contribution in [0.3, 0.4) is 0 Å². The fourth-order valence-corrected chi connectivity index (χ4v) is 3.73. The molecule has 0 saturated carbocycles. The van der Waals surface area contributed by atoms with Gasteiger partial charge >= 0.3 is 0 Å². The monoisotopic (exact) mass is 403 g/mol. The Bertz CT molecular complexity index is 922. The third kappa shape index (κ3) is 5.41. The molecular formula is C21H29N3O3S. The molecule has 0 spiro atoms. The lowest BCUT2D eigenvalue weighted by atomic mass is 10.1. The van der Waals surface area contributed by atoms with Gasteiger partial charge in [-0.3, -0.25) is 9.69 Å². The topological polar surface area (TPSA) is 78.5 Å². The van der Waals surface area contributed by atoms with Gasteiger partial charge in [-0.25, -0.2) is 13.1 Å². The summed E-state index contributed by atoms with van der Waals surface area (Å²) < 4.78 is 26.3. The third-order valence-corrected chi connectivity index (χ3v) is 6.29. The van der Waals surface area contributed by atoms with Gasteiger partial charge in [-0.1, -0.05) is 44.2 Å². The van der Waals surface area contributed by atoms with E-state index < -0.39 is 10.0 Å². The fourth-order valence-electron chi connectivity index (χ4n) is 2.97. The minimum Gasteiger partial charge on any atom is -0.348 e. The second-order valence-electron chi connectivity index (χ2n) is 6.60. The smallest absolute Gasteiger partial charge is 0.251 e. The molecule has 0 fully saturated rings. The first-order chi connectivity index (χ1) is 13.3. The van der Waals surface area contributed by atoms with E-state index in [1.54, 1.807) is 13.0 Å². The molecule has 2 aromatic carbocycles. The van der Waals surface area contributed by atoms with Crippen molar-refractivity contribution in [3.05, 3.63) is 64.7 Å². The SMILES string of the molecule is CCN(CC)Cc1ccccc1CNC(=O)c1cc(S(=O)(=O)NC)ccc1C. The Labute approximate surface area is 168 Å². The molecule has 6 nitrogen and oxygen atoms in total. The van der Waals surface area contributed by atoms with Gasteiger partial charge in [0.1, 0.15) is 0 Å². The number of rotatable bonds is 9. The zero-order valence-electron chi connectivity index (χ0n) is 17.0. The second-order valence-corrected chi connectivity index (χ2v) is 8.48. The van der Waals surface area contributed by atoms with Crippen LogP contribution in [0.2, 0.25) is 0 Å². The largest absolute Gasteiger partial charge is 0.348 e. The van der Waals surface area contributed by atoms with Crippen molar-refractivity contribution in [3.63, 3.8) is 0 Å². The molecule has 0 saturated heterocycles. The van der Waals surface area contributed by atoms with Crippen LogP contribution >= 0.6 is 0 Å². The van der Waals surface area contributed by atoms with Crippen molar-refractivity contribution in [2.45, 2.75) is 38.8 Å². The van der Waals surface area contributed by atoms with E-state index in [2.05, 4.69) is 34.9 Å². The highest BCUT2D eigenvalue weighted by atomic mass is 32.2. The van der Waals surface area contributed by atoms with E-state index in [4.69, 9.17) is 0 Å². The number of nitrogens with zero attached hydrogens (tertiary/aromatic N) is 1. The van der Waals surface area contributed by atoms with Crippen molar-refractivity contribution in [2.75, 3.05) is 20.1 Å². The molecule has 0 aromatic heterocycles. The zero-order chi connectivity index (χ0) is 20.7. The van der Waals surface area contributed by atoms with Gasteiger partial charge in [0.25, 0.3) is 5.91 Å². The molecule has 7 heteroatoms. The van der Waals surface area contributed by atoms with Crippen LogP contribution in [0.5, 0.6) is 0 Å². The Morgan fingerprint density at radius 3 is 2.29 bits per heavy atom. The molecular weight excluding hydrogens is 374 g/mol. The molecule has 2 N–H and O–H groups in total. The van der Waals surface area contributed by atoms with E-state index in [9.17, 15) is 13.2 Å². The average molecular weight is 404 g/mol. The van der Waals surface area contributed by atoms with Gasteiger partial charge in [-0.05, 0) is 55.9 Å². The van der Waals surface area contributed by atoms with Gasteiger partial charge in [0.2, 0.25) is 10.0 Å². The van der Waals surface area contributed by atoms with Crippen LogP contribution in [-0.2, 0) is 23.1 Å². The second kappa shape index (κ2) is 9.82. The van der Waals surface area contributed by atoms with Crippen molar-refractivity contribution in [1.82, 2.24) is 14.9 Å². The summed E-state index contributed by atoms with van der Waals surface area (Å²) in [5.74, 6) is -0.289. The maximum atomic E-state index is 12.7. The zero-order valence-corrected chi connectivity index (χ0v) is 17.8. The minimum absolute atomic E-state index is 0.0766. The number of nitrogens with one attached hydrogen (secondary N) is 2. The van der Waals surface area contributed by atoms with E-state index in [0.29, 0.717) is 12.1 Å². The van der Waals surface area contributed by atoms with Crippen molar-refractivity contribution < 1.29 is 13.2 Å². The fraction of sp³-hybridized carbons (Fsp3) is 0.381. The number of hydrogen-bond donors (Lipinski definition) is 2. The van der Waals surface area contributed by atoms with Crippen LogP contribution in [0, 0.1) is 6.92 Å². The summed E-state index contributed by atoms with van der Waals surface area (Å²) in [6.45, 7) is 9.18. The summed E-state index contributed by atoms with van der Waals surface area (Å²) >= 11 is 0. The number of hydrogen-bond acceptors (Lipinski definition) is 4. The minimum atomic E-state index is -3.60. The third-order valence-electron chi connectivity index (χ3n) is 4.88. The molecule has 0 aliphatic rings. The molecule has 2 rings (SSSR count). The number of carbonyl (C=O) groups excluding carboxylic acids is 1. The molecule has 2 aromatic rings. The van der Waals surface area contributed by atoms with Crippen LogP contribution in [0.1, 0.15) is 40.9 Å². The van der Waals surface area contributed by atoms with Gasteiger partial charge in [0.15, 0.2) is 0 Å². The van der Waals surface area contributed by atoms with Crippen molar-refractivity contribution in [3.8, 4) is 0 Å². The molecule has 0 atom stereocenters. The first-order valence-electron chi connectivity index (χ1n) is 9.43. The predicted molar refractivity (Wildman–Crippen MR) is 112 cm³/mol. The summed E-state index contributed by atoms with van der Waals surface area (Å²) in [5.41, 5.74) is 3.32. The van der Waals surface area contributed by atoms with Crippen LogP contribution in [0.15, 0.2) is 47.4 Å². The number of amides is 1. The van der Waals surface area contributed by atoms with E-state index in [-0.39, 0.29) is 10.8 Å². The normalized spacial score (nSPS) is 11.6. The van der Waals surface area contributed by atoms with E-state index >= 15 is 0 Å². The molecule has 0 bridgehead atoms. The first kappa shape index (κ1) is 22.1. The Morgan fingerprint density at radius 1 is 1.04 bits per heavy atom. The molecule has 1 amide bonds. The highest BCUT2D eigenvalue weighted by molar-refractivity contribution is 7.89. The number of sulfonamides is 1. The van der Waals surface area contributed by atoms with Crippen molar-refractivity contribution in [1.29, 1.82) is 0 Å². The Hall–Kier alpha value is -2.22. The predicted octanol–water partition coefficient (Wildman–Crippen LogP) is 2.67.